The van der Waals surface area contributed by atoms with Gasteiger partial charge in [-0.05, 0) is 48.9 Å². The molecule has 2 aromatic carbocycles. The van der Waals surface area contributed by atoms with Crippen LogP contribution >= 0.6 is 12.6 Å². The zero-order valence-corrected chi connectivity index (χ0v) is 60.3. The Morgan fingerprint density at radius 2 is 0.893 bits per heavy atom. The maximum absolute atomic E-state index is 13.2. The second-order valence-electron chi connectivity index (χ2n) is 20.8. The van der Waals surface area contributed by atoms with E-state index in [4.69, 9.17) is 90.7 Å². The lowest BCUT2D eigenvalue weighted by atomic mass is 10.00. The first kappa shape index (κ1) is 97.9. The maximum atomic E-state index is 13.2. The van der Waals surface area contributed by atoms with Crippen LogP contribution in [0.4, 0.5) is 11.4 Å². The molecule has 0 aliphatic rings. The quantitative estimate of drug-likeness (QED) is 0.0187. The summed E-state index contributed by atoms with van der Waals surface area (Å²) in [7, 11) is -3.95. The van der Waals surface area contributed by atoms with Gasteiger partial charge in [-0.15, -0.1) is 0 Å². The monoisotopic (exact) mass is 1530 g/mol. The third kappa shape index (κ3) is 63.1. The number of carbonyl (C=O) groups is 7. The van der Waals surface area contributed by atoms with Gasteiger partial charge in [0.2, 0.25) is 33.7 Å². The molecule has 0 heterocycles. The maximum Gasteiger partial charge on any atom is 0.373 e. The summed E-state index contributed by atoms with van der Waals surface area (Å²) in [5.74, 6) is -3.31. The minimum Gasteiger partial charge on any atom is -0.755 e. The van der Waals surface area contributed by atoms with Crippen LogP contribution in [0.1, 0.15) is 32.3 Å². The van der Waals surface area contributed by atoms with E-state index in [1.165, 1.54) is 58.3 Å². The molecule has 0 fully saturated rings. The highest BCUT2D eigenvalue weighted by atomic mass is 32.2. The van der Waals surface area contributed by atoms with Gasteiger partial charge in [-0.25, -0.2) is 13.6 Å². The Balaban J connectivity index is 0. The van der Waals surface area contributed by atoms with Crippen LogP contribution in [0.3, 0.4) is 0 Å². The first-order valence-corrected chi connectivity index (χ1v) is 35.2. The summed E-state index contributed by atoms with van der Waals surface area (Å²) < 4.78 is 113. The van der Waals surface area contributed by atoms with Gasteiger partial charge in [-0.1, -0.05) is 19.1 Å². The number of nitrogens with two attached hydrogens (primary N) is 1. The topological polar surface area (TPSA) is 520 Å². The number of Topliss-reactive ketones (excluding diaryl/α,β-unsaturated/α-hetero) is 2. The van der Waals surface area contributed by atoms with Crippen molar-refractivity contribution >= 4 is 105 Å². The van der Waals surface area contributed by atoms with Gasteiger partial charge in [0.1, 0.15) is 0 Å². The van der Waals surface area contributed by atoms with Crippen molar-refractivity contribution in [2.24, 2.45) is 11.1 Å². The third-order valence-electron chi connectivity index (χ3n) is 12.6. The Morgan fingerprint density at radius 1 is 0.524 bits per heavy atom. The summed E-state index contributed by atoms with van der Waals surface area (Å²) in [6.45, 7) is 11.0. The summed E-state index contributed by atoms with van der Waals surface area (Å²) in [6, 6.07) is 10.5. The van der Waals surface area contributed by atoms with Gasteiger partial charge in [0.15, 0.2) is 11.6 Å². The molecule has 0 aliphatic carbocycles. The van der Waals surface area contributed by atoms with Gasteiger partial charge in [-0.2, -0.15) is 41.4 Å². The highest BCUT2D eigenvalue weighted by Gasteiger charge is 2.23. The number of nitrogens with zero attached hydrogens (tertiary/aromatic N) is 2. The number of sulfonamides is 1. The van der Waals surface area contributed by atoms with Crippen molar-refractivity contribution in [3.8, 4) is 0 Å². The predicted molar refractivity (Wildman–Crippen MR) is 360 cm³/mol. The van der Waals surface area contributed by atoms with Crippen LogP contribution in [0, 0.1) is 5.92 Å². The molecule has 103 heavy (non-hydrogen) atoms. The van der Waals surface area contributed by atoms with Gasteiger partial charge in [-0.3, -0.25) is 47.6 Å². The van der Waals surface area contributed by atoms with Gasteiger partial charge in [0, 0.05) is 79.8 Å². The van der Waals surface area contributed by atoms with E-state index in [0.717, 1.165) is 0 Å². The molecule has 0 aliphatic heterocycles. The van der Waals surface area contributed by atoms with Gasteiger partial charge in [0.05, 0.1) is 196 Å². The van der Waals surface area contributed by atoms with E-state index in [0.29, 0.717) is 156 Å². The molecule has 0 saturated carbocycles. The molecule has 2 aromatic rings. The number of ketones is 2. The van der Waals surface area contributed by atoms with E-state index in [1.807, 2.05) is 0 Å². The first-order valence-electron chi connectivity index (χ1n) is 31.9. The standard InChI is InChI=1S/C59H98N8O24S3.3CO2/c1-47(59(75)62-13-40-92)41-54(69)48(2)63-55(70)11-16-80-18-20-82-22-24-84-26-28-86-30-32-88-34-36-90-38-39-91-37-35-89-33-31-87-29-27-85-25-23-83-21-19-81-17-12-61-56(71)44-66(43-52(68)42-49-3-9-53(10-4-49)94(60,78)79)14-15-67(46-58(73)74)45-57(72)64-50-5-7-51(8-6-50)65-93(76)77;3*2-1-3/h3-10,47-48,65,92H,11-46H2,1-2H3,(H,61,71)(H,62,75)(H,63,70)(H,64,72)(H,73,74)(H,76,77)(H2,60,78,79);;;/p-1/t47-,48+;;;/m1.../s1. The number of anilines is 2. The van der Waals surface area contributed by atoms with E-state index in [1.54, 1.807) is 13.8 Å². The highest BCUT2D eigenvalue weighted by Crippen LogP contribution is 2.15. The minimum atomic E-state index is -3.95. The first-order chi connectivity index (χ1) is 49.5. The van der Waals surface area contributed by atoms with Gasteiger partial charge >= 0.3 is 24.4 Å². The predicted octanol–water partition coefficient (Wildman–Crippen LogP) is -2.92. The van der Waals surface area contributed by atoms with Crippen molar-refractivity contribution in [3.05, 3.63) is 54.1 Å². The summed E-state index contributed by atoms with van der Waals surface area (Å²) >= 11 is 1.50. The number of ether oxygens (including phenoxy) is 12. The number of primary sulfonamides is 1. The average Bonchev–Trinajstić information content (AvgIpc) is 0.860. The summed E-state index contributed by atoms with van der Waals surface area (Å²) in [6.07, 6.45) is 0.768. The van der Waals surface area contributed by atoms with Crippen LogP contribution < -0.4 is 31.1 Å². The highest BCUT2D eigenvalue weighted by molar-refractivity contribution is 7.89. The third-order valence-corrected chi connectivity index (χ3v) is 14.2. The molecule has 38 nitrogen and oxygen atoms in total. The Hall–Kier alpha value is -7.12. The van der Waals surface area contributed by atoms with Crippen LogP contribution in [0.15, 0.2) is 53.4 Å². The minimum absolute atomic E-state index is 0.000350. The van der Waals surface area contributed by atoms with E-state index in [9.17, 15) is 55.8 Å². The molecule has 8 N–H and O–H groups in total. The Morgan fingerprint density at radius 3 is 1.27 bits per heavy atom. The van der Waals surface area contributed by atoms with E-state index in [2.05, 4.69) is 38.6 Å². The molecule has 4 amide bonds. The molecule has 0 saturated heterocycles. The smallest absolute Gasteiger partial charge is 0.373 e. The second kappa shape index (κ2) is 68.0. The van der Waals surface area contributed by atoms with Crippen LogP contribution in [-0.4, -0.2) is 314 Å². The summed E-state index contributed by atoms with van der Waals surface area (Å²) in [4.78, 5) is 139. The fourth-order valence-electron chi connectivity index (χ4n) is 7.88. The molecule has 41 heteroatoms. The number of nitrogens with one attached hydrogen (secondary N) is 5. The number of thiol groups is 1. The number of carboxylic acids is 1. The molecule has 3 atom stereocenters. The number of benzene rings is 2. The molecule has 2 rings (SSSR count). The number of hydrogen-bond donors (Lipinski definition) is 8. The zero-order valence-electron chi connectivity index (χ0n) is 57.8. The fraction of sp³-hybridized carbons (Fsp3) is 0.645. The van der Waals surface area contributed by atoms with Crippen LogP contribution in [0.5, 0.6) is 0 Å². The lowest BCUT2D eigenvalue weighted by molar-refractivity contribution is -0.193. The Bertz CT molecular complexity index is 2830. The molecule has 1 unspecified atom stereocenters. The fourth-order valence-corrected chi connectivity index (χ4v) is 8.84. The molecule has 584 valence electrons. The van der Waals surface area contributed by atoms with E-state index < -0.39 is 57.6 Å². The number of carbonyl (C=O) groups excluding carboxylic acids is 12. The summed E-state index contributed by atoms with van der Waals surface area (Å²) in [5, 5.41) is 25.4. The van der Waals surface area contributed by atoms with Crippen LogP contribution in [0.2, 0.25) is 0 Å². The van der Waals surface area contributed by atoms with Crippen molar-refractivity contribution in [2.75, 3.05) is 227 Å². The second-order valence-corrected chi connectivity index (χ2v) is 23.4. The Kier molecular flexibility index (Phi) is 64.7. The van der Waals surface area contributed by atoms with Gasteiger partial charge < -0.3 is 92.5 Å². The lowest BCUT2D eigenvalue weighted by Crippen LogP contribution is -2.46. The van der Waals surface area contributed by atoms with Crippen molar-refractivity contribution in [1.82, 2.24) is 25.8 Å². The van der Waals surface area contributed by atoms with Crippen molar-refractivity contribution in [1.29, 1.82) is 0 Å². The molecule has 0 spiro atoms. The van der Waals surface area contributed by atoms with Crippen LogP contribution in [0.25, 0.3) is 0 Å². The number of hydrogen-bond acceptors (Lipinski definition) is 32. The van der Waals surface area contributed by atoms with E-state index >= 15 is 0 Å². The molecular weight excluding hydrogens is 1430 g/mol. The number of rotatable bonds is 63. The number of amides is 4. The number of aliphatic carboxylic acids is 1. The van der Waals surface area contributed by atoms with Crippen molar-refractivity contribution in [3.63, 3.8) is 0 Å². The van der Waals surface area contributed by atoms with Gasteiger partial charge in [0.25, 0.3) is 0 Å². The normalized spacial score (nSPS) is 11.7. The van der Waals surface area contributed by atoms with Crippen molar-refractivity contribution in [2.45, 2.75) is 44.0 Å². The van der Waals surface area contributed by atoms with Crippen molar-refractivity contribution < 1.29 is 141 Å². The lowest BCUT2D eigenvalue weighted by Gasteiger charge is -2.26. The molecule has 0 aromatic heterocycles. The Labute approximate surface area is 605 Å². The molecular formula is C62H97N8O30S3-. The SMILES string of the molecule is C[C@H](CC(=O)[C@H](C)NC(=O)CCOCCOCCOCCOCCOCCOCCOCCOCCOCCOCCOCCOCCNC(=O)CN(CCN(CC(=O)O)CC(=O)Nc1ccc(NS(=O)[O-])cc1)CC(=O)Cc1ccc(S(N)(=O)=O)cc1)C(=O)NCCS.O=C=O.O=C=O.O=C=O. The van der Waals surface area contributed by atoms with E-state index in [-0.39, 0.29) is 137 Å². The molecule has 0 bridgehead atoms. The zero-order chi connectivity index (χ0) is 77.0. The van der Waals surface area contributed by atoms with Crippen LogP contribution in [-0.2, 0) is 147 Å². The average molecular weight is 1530 g/mol. The summed E-state index contributed by atoms with van der Waals surface area (Å²) in [5.41, 5.74) is 1.08. The number of carboxylic acid groups (broad SMARTS) is 1. The largest absolute Gasteiger partial charge is 0.755 e. The molecule has 0 radical (unpaired) electrons.